The SMILES string of the molecule is CCCCCCC(C)CCCCCCCCCOCC(COC1C(O)C(O)C(O)C1O)OC(=O)CCCCCCCCC(C)CCCCCC. The van der Waals surface area contributed by atoms with E-state index in [0.29, 0.717) is 13.0 Å². The molecule has 0 aromatic rings. The fraction of sp³-hybridized carbons (Fsp3) is 0.976. The molecule has 0 bridgehead atoms. The van der Waals surface area contributed by atoms with Gasteiger partial charge in [0.05, 0.1) is 13.2 Å². The second-order valence-electron chi connectivity index (χ2n) is 15.8. The third-order valence-corrected chi connectivity index (χ3v) is 10.7. The van der Waals surface area contributed by atoms with Crippen LogP contribution in [0.2, 0.25) is 0 Å². The molecule has 8 heteroatoms. The summed E-state index contributed by atoms with van der Waals surface area (Å²) in [6.45, 7) is 9.93. The van der Waals surface area contributed by atoms with E-state index in [2.05, 4.69) is 27.7 Å². The van der Waals surface area contributed by atoms with E-state index >= 15 is 0 Å². The van der Waals surface area contributed by atoms with E-state index < -0.39 is 36.6 Å². The van der Waals surface area contributed by atoms with Crippen molar-refractivity contribution >= 4 is 5.97 Å². The number of carbonyl (C=O) groups excluding carboxylic acids is 1. The predicted molar refractivity (Wildman–Crippen MR) is 204 cm³/mol. The van der Waals surface area contributed by atoms with Crippen LogP contribution in [0.1, 0.15) is 195 Å². The molecular formula is C42H82O8. The van der Waals surface area contributed by atoms with Crippen LogP contribution >= 0.6 is 0 Å². The number of carbonyl (C=O) groups is 1. The van der Waals surface area contributed by atoms with Crippen LogP contribution in [0, 0.1) is 11.8 Å². The summed E-state index contributed by atoms with van der Waals surface area (Å²) in [7, 11) is 0. The molecule has 0 radical (unpaired) electrons. The standard InChI is InChI=1S/C42H82O8/c1-5-7-9-20-26-34(3)28-22-16-12-11-15-19-25-31-48-32-36(33-49-42-40(46)38(44)39(45)41(42)47)50-37(43)30-24-18-14-13-17-23-29-35(4)27-21-10-8-6-2/h34-36,38-42,44-47H,5-33H2,1-4H3. The van der Waals surface area contributed by atoms with Crippen molar-refractivity contribution in [3.05, 3.63) is 0 Å². The second-order valence-corrected chi connectivity index (χ2v) is 15.8. The third-order valence-electron chi connectivity index (χ3n) is 10.7. The van der Waals surface area contributed by atoms with Crippen molar-refractivity contribution in [1.29, 1.82) is 0 Å². The van der Waals surface area contributed by atoms with E-state index in [1.54, 1.807) is 0 Å². The molecule has 298 valence electrons. The molecule has 1 saturated carbocycles. The van der Waals surface area contributed by atoms with Gasteiger partial charge < -0.3 is 34.6 Å². The van der Waals surface area contributed by atoms with E-state index in [0.717, 1.165) is 43.9 Å². The van der Waals surface area contributed by atoms with E-state index in [4.69, 9.17) is 14.2 Å². The molecule has 8 nitrogen and oxygen atoms in total. The van der Waals surface area contributed by atoms with Crippen molar-refractivity contribution in [2.75, 3.05) is 19.8 Å². The third kappa shape index (κ3) is 23.7. The zero-order valence-electron chi connectivity index (χ0n) is 33.0. The number of hydrogen-bond donors (Lipinski definition) is 4. The Morgan fingerprint density at radius 2 is 0.920 bits per heavy atom. The summed E-state index contributed by atoms with van der Waals surface area (Å²) in [5, 5.41) is 40.2. The van der Waals surface area contributed by atoms with E-state index in [1.165, 1.54) is 128 Å². The number of ether oxygens (including phenoxy) is 3. The minimum Gasteiger partial charge on any atom is -0.457 e. The van der Waals surface area contributed by atoms with Crippen LogP contribution in [-0.2, 0) is 19.0 Å². The number of aliphatic hydroxyl groups is 4. The van der Waals surface area contributed by atoms with Crippen LogP contribution in [0.15, 0.2) is 0 Å². The molecule has 0 heterocycles. The molecule has 7 unspecified atom stereocenters. The normalized spacial score (nSPS) is 22.5. The maximum Gasteiger partial charge on any atom is 0.306 e. The van der Waals surface area contributed by atoms with E-state index in [9.17, 15) is 25.2 Å². The Morgan fingerprint density at radius 1 is 0.520 bits per heavy atom. The summed E-state index contributed by atoms with van der Waals surface area (Å²) in [4.78, 5) is 12.7. The molecule has 0 aromatic heterocycles. The molecule has 0 spiro atoms. The fourth-order valence-corrected chi connectivity index (χ4v) is 7.16. The highest BCUT2D eigenvalue weighted by Gasteiger charge is 2.49. The van der Waals surface area contributed by atoms with Crippen molar-refractivity contribution in [1.82, 2.24) is 0 Å². The molecule has 0 amide bonds. The Balaban J connectivity index is 2.25. The maximum atomic E-state index is 12.7. The van der Waals surface area contributed by atoms with Gasteiger partial charge in [0.2, 0.25) is 0 Å². The zero-order chi connectivity index (χ0) is 36.8. The molecule has 50 heavy (non-hydrogen) atoms. The van der Waals surface area contributed by atoms with Gasteiger partial charge in [-0.1, -0.05) is 175 Å². The van der Waals surface area contributed by atoms with Gasteiger partial charge in [-0.2, -0.15) is 0 Å². The van der Waals surface area contributed by atoms with Gasteiger partial charge in [0.1, 0.15) is 36.6 Å². The summed E-state index contributed by atoms with van der Waals surface area (Å²) >= 11 is 0. The van der Waals surface area contributed by atoms with Crippen molar-refractivity contribution in [2.24, 2.45) is 11.8 Å². The molecule has 0 saturated heterocycles. The van der Waals surface area contributed by atoms with Crippen LogP contribution in [0.3, 0.4) is 0 Å². The number of unbranched alkanes of at least 4 members (excludes halogenated alkanes) is 17. The molecule has 7 atom stereocenters. The monoisotopic (exact) mass is 715 g/mol. The van der Waals surface area contributed by atoms with E-state index in [1.807, 2.05) is 0 Å². The lowest BCUT2D eigenvalue weighted by Gasteiger charge is -2.24. The fourth-order valence-electron chi connectivity index (χ4n) is 7.16. The number of rotatable bonds is 35. The molecule has 1 aliphatic rings. The van der Waals surface area contributed by atoms with Gasteiger partial charge in [-0.05, 0) is 24.7 Å². The average Bonchev–Trinajstić information content (AvgIpc) is 3.28. The molecule has 4 N–H and O–H groups in total. The van der Waals surface area contributed by atoms with Crippen LogP contribution in [0.5, 0.6) is 0 Å². The summed E-state index contributed by atoms with van der Waals surface area (Å²) < 4.78 is 17.3. The van der Waals surface area contributed by atoms with Crippen LogP contribution < -0.4 is 0 Å². The van der Waals surface area contributed by atoms with Gasteiger partial charge in [-0.15, -0.1) is 0 Å². The van der Waals surface area contributed by atoms with Gasteiger partial charge in [0.25, 0.3) is 0 Å². The van der Waals surface area contributed by atoms with Gasteiger partial charge in [0.15, 0.2) is 0 Å². The number of hydrogen-bond acceptors (Lipinski definition) is 8. The van der Waals surface area contributed by atoms with Crippen molar-refractivity contribution in [3.63, 3.8) is 0 Å². The zero-order valence-corrected chi connectivity index (χ0v) is 33.0. The van der Waals surface area contributed by atoms with Crippen LogP contribution in [-0.4, -0.2) is 82.8 Å². The predicted octanol–water partition coefficient (Wildman–Crippen LogP) is 9.21. The Kier molecular flexibility index (Phi) is 30.0. The Morgan fingerprint density at radius 3 is 1.38 bits per heavy atom. The van der Waals surface area contributed by atoms with Crippen molar-refractivity contribution in [3.8, 4) is 0 Å². The second kappa shape index (κ2) is 31.7. The first kappa shape index (κ1) is 47.3. The summed E-state index contributed by atoms with van der Waals surface area (Å²) in [5.74, 6) is 1.37. The highest BCUT2D eigenvalue weighted by molar-refractivity contribution is 5.69. The molecular weight excluding hydrogens is 632 g/mol. The van der Waals surface area contributed by atoms with Crippen molar-refractivity contribution in [2.45, 2.75) is 231 Å². The highest BCUT2D eigenvalue weighted by Crippen LogP contribution is 2.25. The minimum atomic E-state index is -1.49. The van der Waals surface area contributed by atoms with Gasteiger partial charge in [-0.3, -0.25) is 4.79 Å². The molecule has 0 aliphatic heterocycles. The Hall–Kier alpha value is -0.770. The van der Waals surface area contributed by atoms with Gasteiger partial charge in [0, 0.05) is 13.0 Å². The first-order chi connectivity index (χ1) is 24.2. The quantitative estimate of drug-likeness (QED) is 0.0378. The largest absolute Gasteiger partial charge is 0.457 e. The lowest BCUT2D eigenvalue weighted by Crippen LogP contribution is -2.39. The van der Waals surface area contributed by atoms with Crippen LogP contribution in [0.25, 0.3) is 0 Å². The van der Waals surface area contributed by atoms with Crippen LogP contribution in [0.4, 0.5) is 0 Å². The molecule has 1 fully saturated rings. The summed E-state index contributed by atoms with van der Waals surface area (Å²) in [5.41, 5.74) is 0. The smallest absolute Gasteiger partial charge is 0.306 e. The van der Waals surface area contributed by atoms with E-state index in [-0.39, 0.29) is 19.2 Å². The number of aliphatic hydroxyl groups excluding tert-OH is 4. The lowest BCUT2D eigenvalue weighted by atomic mass is 9.96. The first-order valence-electron chi connectivity index (χ1n) is 21.3. The molecule has 1 aliphatic carbocycles. The average molecular weight is 715 g/mol. The van der Waals surface area contributed by atoms with Crippen molar-refractivity contribution < 1.29 is 39.4 Å². The minimum absolute atomic E-state index is 0.0989. The summed E-state index contributed by atoms with van der Waals surface area (Å²) in [6.07, 6.45) is 23.9. The summed E-state index contributed by atoms with van der Waals surface area (Å²) in [6, 6.07) is 0. The van der Waals surface area contributed by atoms with Gasteiger partial charge >= 0.3 is 5.97 Å². The Bertz CT molecular complexity index is 752. The Labute approximate surface area is 307 Å². The first-order valence-corrected chi connectivity index (χ1v) is 21.3. The maximum absolute atomic E-state index is 12.7. The lowest BCUT2D eigenvalue weighted by molar-refractivity contribution is -0.163. The highest BCUT2D eigenvalue weighted by atomic mass is 16.6. The molecule has 1 rings (SSSR count). The topological polar surface area (TPSA) is 126 Å². The molecule has 0 aromatic carbocycles. The number of esters is 1. The van der Waals surface area contributed by atoms with Gasteiger partial charge in [-0.25, -0.2) is 0 Å².